The zero-order valence-corrected chi connectivity index (χ0v) is 9.22. The van der Waals surface area contributed by atoms with Crippen LogP contribution in [0.5, 0.6) is 0 Å². The number of aromatic nitrogens is 2. The average Bonchev–Trinajstić information content (AvgIpc) is 2.59. The molecule has 17 heavy (non-hydrogen) atoms. The molecule has 0 fully saturated rings. The van der Waals surface area contributed by atoms with Crippen LogP contribution in [-0.4, -0.2) is 20.9 Å². The lowest BCUT2D eigenvalue weighted by molar-refractivity contribution is 0.0685. The molecule has 88 valence electrons. The van der Waals surface area contributed by atoms with Crippen molar-refractivity contribution in [2.24, 2.45) is 7.05 Å². The summed E-state index contributed by atoms with van der Waals surface area (Å²) in [5.41, 5.74) is 1.49. The largest absolute Gasteiger partial charge is 0.477 e. The van der Waals surface area contributed by atoms with Crippen molar-refractivity contribution in [1.82, 2.24) is 9.78 Å². The summed E-state index contributed by atoms with van der Waals surface area (Å²) in [6.45, 7) is 0. The predicted octanol–water partition coefficient (Wildman–Crippen LogP) is 1.85. The van der Waals surface area contributed by atoms with E-state index in [-0.39, 0.29) is 11.5 Å². The molecule has 0 aliphatic heterocycles. The Bertz CT molecular complexity index is 563. The Hall–Kier alpha value is -2.17. The third-order valence-corrected chi connectivity index (χ3v) is 2.42. The maximum absolute atomic E-state index is 13.0. The van der Waals surface area contributed by atoms with Crippen LogP contribution in [0.2, 0.25) is 0 Å². The second kappa shape index (κ2) is 4.37. The number of hydrogen-bond donors (Lipinski definition) is 1. The Labute approximate surface area is 97.3 Å². The van der Waals surface area contributed by atoms with E-state index in [0.29, 0.717) is 12.1 Å². The van der Waals surface area contributed by atoms with Crippen LogP contribution in [0.15, 0.2) is 30.3 Å². The van der Waals surface area contributed by atoms with Crippen LogP contribution in [0.4, 0.5) is 4.39 Å². The van der Waals surface area contributed by atoms with E-state index in [1.807, 2.05) is 0 Å². The topological polar surface area (TPSA) is 55.1 Å². The van der Waals surface area contributed by atoms with Gasteiger partial charge in [-0.2, -0.15) is 5.10 Å². The van der Waals surface area contributed by atoms with Crippen molar-refractivity contribution in [3.8, 4) is 0 Å². The number of benzene rings is 1. The Kier molecular flexibility index (Phi) is 2.91. The van der Waals surface area contributed by atoms with Crippen molar-refractivity contribution in [3.63, 3.8) is 0 Å². The molecule has 0 saturated heterocycles. The number of halogens is 1. The third kappa shape index (κ3) is 2.50. The molecule has 0 bridgehead atoms. The number of hydrogen-bond acceptors (Lipinski definition) is 2. The average molecular weight is 234 g/mol. The minimum Gasteiger partial charge on any atom is -0.477 e. The maximum atomic E-state index is 13.0. The summed E-state index contributed by atoms with van der Waals surface area (Å²) >= 11 is 0. The zero-order valence-electron chi connectivity index (χ0n) is 9.22. The number of carbonyl (C=O) groups is 1. The first-order chi connectivity index (χ1) is 8.06. The second-order valence-electron chi connectivity index (χ2n) is 3.76. The maximum Gasteiger partial charge on any atom is 0.354 e. The Morgan fingerprint density at radius 2 is 2.24 bits per heavy atom. The van der Waals surface area contributed by atoms with Crippen molar-refractivity contribution < 1.29 is 14.3 Å². The molecular weight excluding hydrogens is 223 g/mol. The van der Waals surface area contributed by atoms with E-state index in [1.165, 1.54) is 22.9 Å². The van der Waals surface area contributed by atoms with Crippen molar-refractivity contribution in [2.75, 3.05) is 0 Å². The summed E-state index contributed by atoms with van der Waals surface area (Å²) < 4.78 is 14.3. The van der Waals surface area contributed by atoms with Crippen LogP contribution in [0.1, 0.15) is 21.7 Å². The number of carboxylic acid groups (broad SMARTS) is 1. The quantitative estimate of drug-likeness (QED) is 0.881. The van der Waals surface area contributed by atoms with Gasteiger partial charge in [-0.05, 0) is 23.8 Å². The molecule has 1 heterocycles. The van der Waals surface area contributed by atoms with Crippen LogP contribution < -0.4 is 0 Å². The molecule has 0 radical (unpaired) electrons. The zero-order chi connectivity index (χ0) is 12.4. The molecule has 0 saturated carbocycles. The molecule has 0 aliphatic carbocycles. The summed E-state index contributed by atoms with van der Waals surface area (Å²) in [7, 11) is 1.57. The molecule has 2 aromatic rings. The molecular formula is C12H11FN2O2. The SMILES string of the molecule is Cn1nc(Cc2cccc(F)c2)cc1C(=O)O. The van der Waals surface area contributed by atoms with E-state index in [1.54, 1.807) is 19.2 Å². The van der Waals surface area contributed by atoms with Crippen LogP contribution >= 0.6 is 0 Å². The van der Waals surface area contributed by atoms with Gasteiger partial charge in [-0.15, -0.1) is 0 Å². The monoisotopic (exact) mass is 234 g/mol. The summed E-state index contributed by atoms with van der Waals surface area (Å²) in [6.07, 6.45) is 0.416. The second-order valence-corrected chi connectivity index (χ2v) is 3.76. The summed E-state index contributed by atoms with van der Waals surface area (Å²) in [4.78, 5) is 10.8. The van der Waals surface area contributed by atoms with E-state index < -0.39 is 5.97 Å². The Balaban J connectivity index is 2.25. The van der Waals surface area contributed by atoms with E-state index in [2.05, 4.69) is 5.10 Å². The van der Waals surface area contributed by atoms with Crippen molar-refractivity contribution >= 4 is 5.97 Å². The molecule has 4 nitrogen and oxygen atoms in total. The summed E-state index contributed by atoms with van der Waals surface area (Å²) in [6, 6.07) is 7.66. The van der Waals surface area contributed by atoms with Crippen molar-refractivity contribution in [3.05, 3.63) is 53.1 Å². The number of aromatic carboxylic acids is 1. The number of rotatable bonds is 3. The van der Waals surface area contributed by atoms with Gasteiger partial charge in [-0.3, -0.25) is 4.68 Å². The molecule has 0 spiro atoms. The van der Waals surface area contributed by atoms with E-state index >= 15 is 0 Å². The molecule has 0 aliphatic rings. The van der Waals surface area contributed by atoms with Gasteiger partial charge >= 0.3 is 5.97 Å². The van der Waals surface area contributed by atoms with Gasteiger partial charge in [0.25, 0.3) is 0 Å². The molecule has 2 rings (SSSR count). The van der Waals surface area contributed by atoms with E-state index in [4.69, 9.17) is 5.11 Å². The Morgan fingerprint density at radius 1 is 1.47 bits per heavy atom. The van der Waals surface area contributed by atoms with Crippen LogP contribution in [0.25, 0.3) is 0 Å². The van der Waals surface area contributed by atoms with Crippen LogP contribution in [-0.2, 0) is 13.5 Å². The van der Waals surface area contributed by atoms with Gasteiger partial charge in [-0.1, -0.05) is 12.1 Å². The van der Waals surface area contributed by atoms with Crippen molar-refractivity contribution in [2.45, 2.75) is 6.42 Å². The highest BCUT2D eigenvalue weighted by atomic mass is 19.1. The first kappa shape index (κ1) is 11.3. The van der Waals surface area contributed by atoms with Gasteiger partial charge in [0.05, 0.1) is 5.69 Å². The van der Waals surface area contributed by atoms with Gasteiger partial charge in [0, 0.05) is 13.5 Å². The summed E-state index contributed by atoms with van der Waals surface area (Å²) in [5.74, 6) is -1.33. The highest BCUT2D eigenvalue weighted by molar-refractivity contribution is 5.85. The molecule has 0 unspecified atom stereocenters. The predicted molar refractivity (Wildman–Crippen MR) is 59.4 cm³/mol. The fraction of sp³-hybridized carbons (Fsp3) is 0.167. The fourth-order valence-corrected chi connectivity index (χ4v) is 1.67. The van der Waals surface area contributed by atoms with Gasteiger partial charge in [0.15, 0.2) is 0 Å². The van der Waals surface area contributed by atoms with Gasteiger partial charge in [0.2, 0.25) is 0 Å². The van der Waals surface area contributed by atoms with Gasteiger partial charge in [-0.25, -0.2) is 9.18 Å². The number of aryl methyl sites for hydroxylation is 1. The van der Waals surface area contributed by atoms with Crippen LogP contribution in [0, 0.1) is 5.82 Å². The first-order valence-electron chi connectivity index (χ1n) is 5.07. The van der Waals surface area contributed by atoms with Gasteiger partial charge in [0.1, 0.15) is 11.5 Å². The van der Waals surface area contributed by atoms with Crippen molar-refractivity contribution in [1.29, 1.82) is 0 Å². The van der Waals surface area contributed by atoms with Crippen LogP contribution in [0.3, 0.4) is 0 Å². The van der Waals surface area contributed by atoms with E-state index in [9.17, 15) is 9.18 Å². The standard InChI is InChI=1S/C12H11FN2O2/c1-15-11(12(16)17)7-10(14-15)6-8-3-2-4-9(13)5-8/h2-5,7H,6H2,1H3,(H,16,17). The fourth-order valence-electron chi connectivity index (χ4n) is 1.67. The Morgan fingerprint density at radius 3 is 2.82 bits per heavy atom. The lowest BCUT2D eigenvalue weighted by atomic mass is 10.1. The normalized spacial score (nSPS) is 10.5. The molecule has 0 amide bonds. The molecule has 1 aromatic carbocycles. The summed E-state index contributed by atoms with van der Waals surface area (Å²) in [5, 5.41) is 12.9. The van der Waals surface area contributed by atoms with Gasteiger partial charge < -0.3 is 5.11 Å². The lowest BCUT2D eigenvalue weighted by Crippen LogP contribution is -2.04. The molecule has 0 atom stereocenters. The lowest BCUT2D eigenvalue weighted by Gasteiger charge is -1.97. The highest BCUT2D eigenvalue weighted by Gasteiger charge is 2.11. The van der Waals surface area contributed by atoms with E-state index in [0.717, 1.165) is 5.56 Å². The third-order valence-electron chi connectivity index (χ3n) is 2.42. The molecule has 5 heteroatoms. The smallest absolute Gasteiger partial charge is 0.354 e. The minimum absolute atomic E-state index is 0.122. The highest BCUT2D eigenvalue weighted by Crippen LogP contribution is 2.11. The molecule has 1 aromatic heterocycles. The number of carboxylic acids is 1. The first-order valence-corrected chi connectivity index (χ1v) is 5.07. The number of nitrogens with zero attached hydrogens (tertiary/aromatic N) is 2. The minimum atomic E-state index is -1.02. The molecule has 1 N–H and O–H groups in total.